The molecule has 2 amide bonds. The van der Waals surface area contributed by atoms with Crippen molar-refractivity contribution in [2.75, 3.05) is 5.75 Å². The summed E-state index contributed by atoms with van der Waals surface area (Å²) in [5, 5.41) is 2.16. The number of aromatic nitrogens is 1. The lowest BCUT2D eigenvalue weighted by Crippen LogP contribution is -2.44. The van der Waals surface area contributed by atoms with E-state index in [-0.39, 0.29) is 22.7 Å². The molecule has 4 aromatic rings. The molecule has 1 saturated heterocycles. The minimum atomic E-state index is -0.477. The predicted molar refractivity (Wildman–Crippen MR) is 125 cm³/mol. The first-order valence-electron chi connectivity index (χ1n) is 9.88. The van der Waals surface area contributed by atoms with Gasteiger partial charge in [0.1, 0.15) is 16.9 Å². The molecule has 1 aliphatic heterocycles. The van der Waals surface area contributed by atoms with Crippen LogP contribution in [0.4, 0.5) is 4.39 Å². The maximum absolute atomic E-state index is 14.0. The first-order chi connectivity index (χ1) is 15.5. The van der Waals surface area contributed by atoms with Crippen LogP contribution in [-0.4, -0.2) is 27.6 Å². The van der Waals surface area contributed by atoms with Gasteiger partial charge < -0.3 is 4.98 Å². The molecule has 3 aromatic carbocycles. The van der Waals surface area contributed by atoms with Gasteiger partial charge >= 0.3 is 0 Å². The van der Waals surface area contributed by atoms with Crippen LogP contribution >= 0.6 is 23.4 Å². The average molecular weight is 466 g/mol. The van der Waals surface area contributed by atoms with Crippen LogP contribution in [0.15, 0.2) is 72.8 Å². The summed E-state index contributed by atoms with van der Waals surface area (Å²) in [6.07, 6.45) is 0. The number of thioether (sulfide) groups is 1. The second-order valence-electron chi connectivity index (χ2n) is 7.35. The van der Waals surface area contributed by atoms with E-state index in [4.69, 9.17) is 11.6 Å². The van der Waals surface area contributed by atoms with Crippen LogP contribution in [0.5, 0.6) is 0 Å². The summed E-state index contributed by atoms with van der Waals surface area (Å²) in [5.41, 5.74) is 5.86. The molecular formula is C24H17ClFN3O2S. The highest BCUT2D eigenvalue weighted by atomic mass is 35.5. The molecule has 5 rings (SSSR count). The molecule has 1 atom stereocenters. The zero-order valence-electron chi connectivity index (χ0n) is 16.6. The van der Waals surface area contributed by atoms with E-state index in [9.17, 15) is 14.0 Å². The number of halogens is 2. The molecule has 1 aliphatic rings. The number of hydrogen-bond donors (Lipinski definition) is 2. The van der Waals surface area contributed by atoms with Gasteiger partial charge in [0.25, 0.3) is 11.8 Å². The van der Waals surface area contributed by atoms with Crippen LogP contribution < -0.4 is 5.43 Å². The van der Waals surface area contributed by atoms with Crippen LogP contribution in [0.1, 0.15) is 21.4 Å². The molecule has 0 radical (unpaired) electrons. The Morgan fingerprint density at radius 3 is 2.59 bits per heavy atom. The fourth-order valence-corrected chi connectivity index (χ4v) is 5.06. The van der Waals surface area contributed by atoms with E-state index in [2.05, 4.69) is 10.4 Å². The van der Waals surface area contributed by atoms with Gasteiger partial charge in [-0.3, -0.25) is 15.0 Å². The molecule has 0 saturated carbocycles. The third-order valence-corrected chi connectivity index (χ3v) is 6.76. The molecule has 1 fully saturated rings. The zero-order chi connectivity index (χ0) is 22.2. The molecule has 2 N–H and O–H groups in total. The van der Waals surface area contributed by atoms with E-state index >= 15 is 0 Å². The number of nitrogens with zero attached hydrogens (tertiary/aromatic N) is 1. The Hall–Kier alpha value is -3.29. The number of fused-ring (bicyclic) bond motifs is 1. The van der Waals surface area contributed by atoms with Gasteiger partial charge in [-0.1, -0.05) is 54.1 Å². The third kappa shape index (κ3) is 3.74. The predicted octanol–water partition coefficient (Wildman–Crippen LogP) is 5.55. The lowest BCUT2D eigenvalue weighted by atomic mass is 10.0. The van der Waals surface area contributed by atoms with Crippen molar-refractivity contribution < 1.29 is 14.0 Å². The van der Waals surface area contributed by atoms with Gasteiger partial charge in [0, 0.05) is 21.5 Å². The summed E-state index contributed by atoms with van der Waals surface area (Å²) in [6.45, 7) is 0. The summed E-state index contributed by atoms with van der Waals surface area (Å²) in [5.74, 6) is -0.826. The second kappa shape index (κ2) is 8.33. The molecule has 0 spiro atoms. The number of nitrogens with one attached hydrogen (secondary N) is 2. The quantitative estimate of drug-likeness (QED) is 0.415. The van der Waals surface area contributed by atoms with Gasteiger partial charge in [-0.05, 0) is 41.5 Å². The minimum absolute atomic E-state index is 0.202. The van der Waals surface area contributed by atoms with E-state index in [1.807, 2.05) is 42.5 Å². The Morgan fingerprint density at radius 2 is 1.84 bits per heavy atom. The number of aromatic amines is 1. The van der Waals surface area contributed by atoms with Crippen LogP contribution in [0, 0.1) is 5.82 Å². The largest absolute Gasteiger partial charge is 0.350 e. The van der Waals surface area contributed by atoms with Gasteiger partial charge in [0.2, 0.25) is 0 Å². The maximum Gasteiger partial charge on any atom is 0.286 e. The van der Waals surface area contributed by atoms with E-state index in [0.717, 1.165) is 11.1 Å². The summed E-state index contributed by atoms with van der Waals surface area (Å²) >= 11 is 7.41. The number of H-pyrrole nitrogens is 1. The van der Waals surface area contributed by atoms with Gasteiger partial charge in [-0.15, -0.1) is 11.8 Å². The van der Waals surface area contributed by atoms with Gasteiger partial charge in [-0.2, -0.15) is 0 Å². The third-order valence-electron chi connectivity index (χ3n) is 5.30. The van der Waals surface area contributed by atoms with Crippen LogP contribution in [0.25, 0.3) is 22.0 Å². The van der Waals surface area contributed by atoms with Crippen molar-refractivity contribution in [1.82, 2.24) is 15.4 Å². The number of hydrazine groups is 1. The first-order valence-corrected chi connectivity index (χ1v) is 11.3. The molecule has 160 valence electrons. The lowest BCUT2D eigenvalue weighted by molar-refractivity contribution is -0.130. The smallest absolute Gasteiger partial charge is 0.286 e. The molecule has 1 aromatic heterocycles. The fourth-order valence-electron chi connectivity index (χ4n) is 3.82. The van der Waals surface area contributed by atoms with E-state index in [1.165, 1.54) is 28.9 Å². The molecule has 32 heavy (non-hydrogen) atoms. The number of hydrogen-bond acceptors (Lipinski definition) is 3. The summed E-state index contributed by atoms with van der Waals surface area (Å²) in [4.78, 5) is 29.0. The number of benzene rings is 3. The van der Waals surface area contributed by atoms with Crippen molar-refractivity contribution in [2.24, 2.45) is 0 Å². The Bertz CT molecular complexity index is 1320. The van der Waals surface area contributed by atoms with Crippen molar-refractivity contribution in [3.05, 3.63) is 94.9 Å². The van der Waals surface area contributed by atoms with Crippen molar-refractivity contribution in [3.8, 4) is 11.1 Å². The topological polar surface area (TPSA) is 65.2 Å². The number of carbonyl (C=O) groups excluding carboxylic acids is 2. The maximum atomic E-state index is 14.0. The Kier molecular flexibility index (Phi) is 5.36. The SMILES string of the molecule is O=C(NN1C(=O)CSC1c1ccc(Cl)cc1)c1[nH]c2ccc(F)cc2c1-c1ccccc1. The molecule has 0 bridgehead atoms. The van der Waals surface area contributed by atoms with Gasteiger partial charge in [-0.25, -0.2) is 9.40 Å². The lowest BCUT2D eigenvalue weighted by Gasteiger charge is -2.24. The molecule has 5 nitrogen and oxygen atoms in total. The van der Waals surface area contributed by atoms with E-state index in [0.29, 0.717) is 21.5 Å². The normalized spacial score (nSPS) is 16.0. The highest BCUT2D eigenvalue weighted by Crippen LogP contribution is 2.38. The molecular weight excluding hydrogens is 449 g/mol. The van der Waals surface area contributed by atoms with Gasteiger partial charge in [0.05, 0.1) is 5.75 Å². The highest BCUT2D eigenvalue weighted by molar-refractivity contribution is 8.00. The van der Waals surface area contributed by atoms with Crippen molar-refractivity contribution in [2.45, 2.75) is 5.37 Å². The van der Waals surface area contributed by atoms with Crippen molar-refractivity contribution >= 4 is 46.1 Å². The first kappa shape index (κ1) is 20.6. The van der Waals surface area contributed by atoms with E-state index in [1.54, 1.807) is 18.2 Å². The molecule has 2 heterocycles. The standard InChI is InChI=1S/C24H17ClFN3O2S/c25-16-8-6-15(7-9-16)24-29(20(30)13-32-24)28-23(31)22-21(14-4-2-1-3-5-14)18-12-17(26)10-11-19(18)27-22/h1-12,24,27H,13H2,(H,28,31). The van der Waals surface area contributed by atoms with Gasteiger partial charge in [0.15, 0.2) is 0 Å². The van der Waals surface area contributed by atoms with Crippen molar-refractivity contribution in [3.63, 3.8) is 0 Å². The molecule has 1 unspecified atom stereocenters. The van der Waals surface area contributed by atoms with Crippen LogP contribution in [-0.2, 0) is 4.79 Å². The second-order valence-corrected chi connectivity index (χ2v) is 8.86. The summed E-state index contributed by atoms with van der Waals surface area (Å²) in [6, 6.07) is 20.8. The van der Waals surface area contributed by atoms with Crippen LogP contribution in [0.2, 0.25) is 5.02 Å². The molecule has 8 heteroatoms. The molecule has 0 aliphatic carbocycles. The van der Waals surface area contributed by atoms with E-state index < -0.39 is 11.7 Å². The summed E-state index contributed by atoms with van der Waals surface area (Å²) in [7, 11) is 0. The average Bonchev–Trinajstić information content (AvgIpc) is 3.35. The number of amides is 2. The Morgan fingerprint density at radius 1 is 1.09 bits per heavy atom. The Labute approximate surface area is 192 Å². The number of rotatable bonds is 4. The monoisotopic (exact) mass is 465 g/mol. The summed E-state index contributed by atoms with van der Waals surface area (Å²) < 4.78 is 14.0. The van der Waals surface area contributed by atoms with Crippen molar-refractivity contribution in [1.29, 1.82) is 0 Å². The zero-order valence-corrected chi connectivity index (χ0v) is 18.2. The fraction of sp³-hybridized carbons (Fsp3) is 0.0833. The number of carbonyl (C=O) groups is 2. The minimum Gasteiger partial charge on any atom is -0.350 e. The highest BCUT2D eigenvalue weighted by Gasteiger charge is 2.35. The van der Waals surface area contributed by atoms with Crippen LogP contribution in [0.3, 0.4) is 0 Å². The Balaban J connectivity index is 1.53.